The number of ether oxygens (including phenoxy) is 1. The minimum Gasteiger partial charge on any atom is -0.497 e. The Kier molecular flexibility index (Phi) is 5.41. The van der Waals surface area contributed by atoms with Crippen molar-refractivity contribution >= 4 is 0 Å². The molecule has 0 aromatic heterocycles. The number of nitrogens with zero attached hydrogens (tertiary/aromatic N) is 1. The first-order valence-electron chi connectivity index (χ1n) is 5.78. The van der Waals surface area contributed by atoms with Gasteiger partial charge in [-0.2, -0.15) is 0 Å². The Balaban J connectivity index is 2.69. The minimum absolute atomic E-state index is 0.0267. The molecule has 1 rings (SSSR count). The molecule has 0 heterocycles. The molecule has 96 valence electrons. The summed E-state index contributed by atoms with van der Waals surface area (Å²) in [4.78, 5) is 2.06. The number of benzene rings is 1. The van der Waals surface area contributed by atoms with Crippen LogP contribution < -0.4 is 10.5 Å². The normalized spacial score (nSPS) is 14.7. The highest BCUT2D eigenvalue weighted by Crippen LogP contribution is 2.15. The molecular formula is C13H22N2O2. The number of likely N-dealkylation sites (N-methyl/N-ethyl adjacent to an activating group) is 1. The lowest BCUT2D eigenvalue weighted by atomic mass is 10.1. The maximum absolute atomic E-state index is 9.30. The average Bonchev–Trinajstić information content (AvgIpc) is 2.29. The van der Waals surface area contributed by atoms with E-state index >= 15 is 0 Å². The van der Waals surface area contributed by atoms with Gasteiger partial charge in [-0.1, -0.05) is 12.1 Å². The quantitative estimate of drug-likeness (QED) is 0.771. The highest BCUT2D eigenvalue weighted by molar-refractivity contribution is 5.28. The van der Waals surface area contributed by atoms with Crippen LogP contribution in [0, 0.1) is 0 Å². The van der Waals surface area contributed by atoms with Gasteiger partial charge in [-0.25, -0.2) is 0 Å². The van der Waals surface area contributed by atoms with Crippen LogP contribution in [-0.2, 0) is 6.54 Å². The van der Waals surface area contributed by atoms with E-state index < -0.39 is 0 Å². The van der Waals surface area contributed by atoms with E-state index in [9.17, 15) is 5.11 Å². The highest BCUT2D eigenvalue weighted by Gasteiger charge is 2.18. The molecule has 0 saturated carbocycles. The summed E-state index contributed by atoms with van der Waals surface area (Å²) in [5.74, 6) is 0.845. The molecule has 0 aliphatic heterocycles. The number of methoxy groups -OCH3 is 1. The summed E-state index contributed by atoms with van der Waals surface area (Å²) in [6.07, 6.45) is 0. The molecule has 0 aliphatic carbocycles. The smallest absolute Gasteiger partial charge is 0.119 e. The van der Waals surface area contributed by atoms with Gasteiger partial charge in [0.1, 0.15) is 5.75 Å². The topological polar surface area (TPSA) is 58.7 Å². The summed E-state index contributed by atoms with van der Waals surface area (Å²) >= 11 is 0. The number of aliphatic hydroxyl groups excluding tert-OH is 1. The molecule has 0 amide bonds. The molecule has 0 saturated heterocycles. The van der Waals surface area contributed by atoms with Gasteiger partial charge >= 0.3 is 0 Å². The van der Waals surface area contributed by atoms with Crippen LogP contribution in [-0.4, -0.2) is 42.9 Å². The SMILES string of the molecule is COc1cccc(CN(C)C(CO)C(C)N)c1. The molecule has 4 heteroatoms. The summed E-state index contributed by atoms with van der Waals surface area (Å²) in [6, 6.07) is 7.82. The third-order valence-electron chi connectivity index (χ3n) is 2.93. The third-order valence-corrected chi connectivity index (χ3v) is 2.93. The largest absolute Gasteiger partial charge is 0.497 e. The summed E-state index contributed by atoms with van der Waals surface area (Å²) in [7, 11) is 3.62. The molecule has 2 atom stereocenters. The van der Waals surface area contributed by atoms with E-state index in [1.807, 2.05) is 38.2 Å². The fraction of sp³-hybridized carbons (Fsp3) is 0.538. The van der Waals surface area contributed by atoms with Crippen LogP contribution in [0.4, 0.5) is 0 Å². The summed E-state index contributed by atoms with van der Waals surface area (Å²) in [5.41, 5.74) is 6.98. The van der Waals surface area contributed by atoms with E-state index in [1.165, 1.54) is 0 Å². The Hall–Kier alpha value is -1.10. The van der Waals surface area contributed by atoms with E-state index in [2.05, 4.69) is 4.90 Å². The van der Waals surface area contributed by atoms with Crippen molar-refractivity contribution in [2.75, 3.05) is 20.8 Å². The lowest BCUT2D eigenvalue weighted by molar-refractivity contribution is 0.125. The Morgan fingerprint density at radius 3 is 2.71 bits per heavy atom. The molecule has 17 heavy (non-hydrogen) atoms. The van der Waals surface area contributed by atoms with Gasteiger partial charge in [-0.05, 0) is 31.7 Å². The van der Waals surface area contributed by atoms with Crippen LogP contribution in [0.1, 0.15) is 12.5 Å². The van der Waals surface area contributed by atoms with Crippen molar-refractivity contribution in [2.24, 2.45) is 5.73 Å². The van der Waals surface area contributed by atoms with Gasteiger partial charge in [0.15, 0.2) is 0 Å². The summed E-state index contributed by atoms with van der Waals surface area (Å²) in [5, 5.41) is 9.30. The van der Waals surface area contributed by atoms with Crippen LogP contribution in [0.2, 0.25) is 0 Å². The molecule has 0 radical (unpaired) electrons. The first-order valence-corrected chi connectivity index (χ1v) is 5.78. The first kappa shape index (κ1) is 14.0. The first-order chi connectivity index (χ1) is 8.08. The molecule has 0 fully saturated rings. The van der Waals surface area contributed by atoms with Gasteiger partial charge in [0.25, 0.3) is 0 Å². The number of hydrogen-bond acceptors (Lipinski definition) is 4. The lowest BCUT2D eigenvalue weighted by Crippen LogP contribution is -2.46. The Bertz CT molecular complexity index is 342. The molecule has 0 spiro atoms. The molecule has 0 aliphatic rings. The van der Waals surface area contributed by atoms with Gasteiger partial charge in [0.05, 0.1) is 13.7 Å². The monoisotopic (exact) mass is 238 g/mol. The Morgan fingerprint density at radius 1 is 1.47 bits per heavy atom. The van der Waals surface area contributed by atoms with Gasteiger partial charge < -0.3 is 15.6 Å². The zero-order valence-electron chi connectivity index (χ0n) is 10.8. The van der Waals surface area contributed by atoms with Gasteiger partial charge in [-0.3, -0.25) is 4.90 Å². The number of aliphatic hydroxyl groups is 1. The van der Waals surface area contributed by atoms with E-state index in [4.69, 9.17) is 10.5 Å². The lowest BCUT2D eigenvalue weighted by Gasteiger charge is -2.29. The second kappa shape index (κ2) is 6.59. The van der Waals surface area contributed by atoms with Crippen molar-refractivity contribution in [3.8, 4) is 5.75 Å². The Labute approximate surface area is 103 Å². The third kappa shape index (κ3) is 4.00. The van der Waals surface area contributed by atoms with Crippen molar-refractivity contribution < 1.29 is 9.84 Å². The van der Waals surface area contributed by atoms with E-state index in [-0.39, 0.29) is 18.7 Å². The van der Waals surface area contributed by atoms with Gasteiger partial charge in [0.2, 0.25) is 0 Å². The zero-order valence-corrected chi connectivity index (χ0v) is 10.8. The fourth-order valence-electron chi connectivity index (χ4n) is 1.88. The maximum atomic E-state index is 9.30. The average molecular weight is 238 g/mol. The van der Waals surface area contributed by atoms with Crippen molar-refractivity contribution in [1.82, 2.24) is 4.90 Å². The van der Waals surface area contributed by atoms with Crippen molar-refractivity contribution in [3.05, 3.63) is 29.8 Å². The molecular weight excluding hydrogens is 216 g/mol. The van der Waals surface area contributed by atoms with E-state index in [0.717, 1.165) is 17.9 Å². The number of rotatable bonds is 6. The molecule has 2 unspecified atom stereocenters. The van der Waals surface area contributed by atoms with Crippen LogP contribution in [0.5, 0.6) is 5.75 Å². The molecule has 1 aromatic rings. The van der Waals surface area contributed by atoms with Crippen LogP contribution in [0.3, 0.4) is 0 Å². The summed E-state index contributed by atoms with van der Waals surface area (Å²) in [6.45, 7) is 2.71. The maximum Gasteiger partial charge on any atom is 0.119 e. The summed E-state index contributed by atoms with van der Waals surface area (Å²) < 4.78 is 5.18. The number of nitrogens with two attached hydrogens (primary N) is 1. The molecule has 3 N–H and O–H groups in total. The zero-order chi connectivity index (χ0) is 12.8. The molecule has 0 bridgehead atoms. The van der Waals surface area contributed by atoms with Gasteiger partial charge in [0, 0.05) is 18.6 Å². The fourth-order valence-corrected chi connectivity index (χ4v) is 1.88. The second-order valence-corrected chi connectivity index (χ2v) is 4.38. The van der Waals surface area contributed by atoms with Gasteiger partial charge in [-0.15, -0.1) is 0 Å². The predicted molar refractivity (Wildman–Crippen MR) is 69.0 cm³/mol. The van der Waals surface area contributed by atoms with Crippen molar-refractivity contribution in [3.63, 3.8) is 0 Å². The van der Waals surface area contributed by atoms with Crippen molar-refractivity contribution in [1.29, 1.82) is 0 Å². The predicted octanol–water partition coefficient (Wildman–Crippen LogP) is 0.835. The van der Waals surface area contributed by atoms with Crippen LogP contribution in [0.25, 0.3) is 0 Å². The van der Waals surface area contributed by atoms with Crippen molar-refractivity contribution in [2.45, 2.75) is 25.6 Å². The van der Waals surface area contributed by atoms with Crippen LogP contribution >= 0.6 is 0 Å². The van der Waals surface area contributed by atoms with E-state index in [0.29, 0.717) is 0 Å². The van der Waals surface area contributed by atoms with Crippen LogP contribution in [0.15, 0.2) is 24.3 Å². The van der Waals surface area contributed by atoms with E-state index in [1.54, 1.807) is 7.11 Å². The highest BCUT2D eigenvalue weighted by atomic mass is 16.5. The minimum atomic E-state index is -0.0596. The molecule has 1 aromatic carbocycles. The molecule has 4 nitrogen and oxygen atoms in total. The Morgan fingerprint density at radius 2 is 2.18 bits per heavy atom. The second-order valence-electron chi connectivity index (χ2n) is 4.38. The number of hydrogen-bond donors (Lipinski definition) is 2. The standard InChI is InChI=1S/C13H22N2O2/c1-10(14)13(9-16)15(2)8-11-5-4-6-12(7-11)17-3/h4-7,10,13,16H,8-9,14H2,1-3H3.